The number of carbonyl (C=O) groups excluding carboxylic acids is 1. The van der Waals surface area contributed by atoms with Crippen molar-refractivity contribution in [3.05, 3.63) is 70.5 Å². The number of anilines is 1. The zero-order valence-electron chi connectivity index (χ0n) is 16.8. The van der Waals surface area contributed by atoms with Crippen LogP contribution in [0.4, 0.5) is 5.69 Å². The van der Waals surface area contributed by atoms with Crippen molar-refractivity contribution < 1.29 is 9.53 Å². The maximum atomic E-state index is 12.7. The molecule has 142 valence electrons. The van der Waals surface area contributed by atoms with Gasteiger partial charge in [0.25, 0.3) is 0 Å². The van der Waals surface area contributed by atoms with Gasteiger partial charge in [-0.05, 0) is 81.5 Å². The van der Waals surface area contributed by atoms with Crippen LogP contribution in [0.25, 0.3) is 5.57 Å². The Balaban J connectivity index is 1.80. The van der Waals surface area contributed by atoms with Crippen molar-refractivity contribution in [3.8, 4) is 0 Å². The summed E-state index contributed by atoms with van der Waals surface area (Å²) in [7, 11) is 0. The van der Waals surface area contributed by atoms with E-state index in [9.17, 15) is 4.79 Å². The summed E-state index contributed by atoms with van der Waals surface area (Å²) in [5.41, 5.74) is 6.61. The highest BCUT2D eigenvalue weighted by Crippen LogP contribution is 2.36. The molecule has 3 rings (SSSR count). The predicted molar refractivity (Wildman–Crippen MR) is 112 cm³/mol. The molecule has 0 N–H and O–H groups in total. The molecule has 2 aromatic rings. The van der Waals surface area contributed by atoms with Crippen molar-refractivity contribution in [3.63, 3.8) is 0 Å². The Bertz CT molecular complexity index is 845. The van der Waals surface area contributed by atoms with Crippen LogP contribution in [0.2, 0.25) is 0 Å². The van der Waals surface area contributed by atoms with Crippen LogP contribution < -0.4 is 4.90 Å². The Morgan fingerprint density at radius 2 is 1.70 bits per heavy atom. The van der Waals surface area contributed by atoms with Crippen molar-refractivity contribution in [2.24, 2.45) is 0 Å². The molecule has 0 spiro atoms. The summed E-state index contributed by atoms with van der Waals surface area (Å²) in [5.74, 6) is 0.569. The van der Waals surface area contributed by atoms with E-state index in [1.807, 2.05) is 24.3 Å². The molecule has 3 heteroatoms. The number of rotatable bonds is 6. The molecule has 0 saturated heterocycles. The third kappa shape index (κ3) is 4.24. The number of allylic oxidation sites excluding steroid dienone is 2. The Hall–Kier alpha value is -2.55. The lowest BCUT2D eigenvalue weighted by Gasteiger charge is -2.21. The van der Waals surface area contributed by atoms with Crippen LogP contribution in [-0.2, 0) is 4.74 Å². The maximum Gasteiger partial charge on any atom is 0.343 e. The molecule has 0 aliphatic heterocycles. The SMILES string of the molecule is CCN(CC)c1ccc(C(=O)OC2=C(c3ccc(C)cc3C)CCC2)cc1. The molecule has 2 aromatic carbocycles. The molecular weight excluding hydrogens is 334 g/mol. The Morgan fingerprint density at radius 1 is 1.00 bits per heavy atom. The molecule has 1 aliphatic carbocycles. The van der Waals surface area contributed by atoms with Crippen LogP contribution >= 0.6 is 0 Å². The summed E-state index contributed by atoms with van der Waals surface area (Å²) in [6, 6.07) is 14.2. The molecular formula is C24H29NO2. The molecule has 0 aromatic heterocycles. The summed E-state index contributed by atoms with van der Waals surface area (Å²) in [4.78, 5) is 14.9. The highest BCUT2D eigenvalue weighted by atomic mass is 16.5. The molecule has 1 aliphatic rings. The maximum absolute atomic E-state index is 12.7. The quantitative estimate of drug-likeness (QED) is 0.598. The number of aryl methyl sites for hydroxylation is 2. The smallest absolute Gasteiger partial charge is 0.343 e. The first-order valence-corrected chi connectivity index (χ1v) is 9.90. The molecule has 0 radical (unpaired) electrons. The van der Waals surface area contributed by atoms with E-state index >= 15 is 0 Å². The van der Waals surface area contributed by atoms with Gasteiger partial charge < -0.3 is 9.64 Å². The second-order valence-electron chi connectivity index (χ2n) is 7.18. The van der Waals surface area contributed by atoms with E-state index in [0.717, 1.165) is 43.8 Å². The van der Waals surface area contributed by atoms with Gasteiger partial charge in [-0.15, -0.1) is 0 Å². The second kappa shape index (κ2) is 8.43. The summed E-state index contributed by atoms with van der Waals surface area (Å²) < 4.78 is 5.83. The van der Waals surface area contributed by atoms with Crippen molar-refractivity contribution in [1.29, 1.82) is 0 Å². The minimum absolute atomic E-state index is 0.264. The van der Waals surface area contributed by atoms with E-state index in [1.165, 1.54) is 22.3 Å². The predicted octanol–water partition coefficient (Wildman–Crippen LogP) is 5.90. The zero-order chi connectivity index (χ0) is 19.4. The normalized spacial score (nSPS) is 13.8. The molecule has 0 atom stereocenters. The summed E-state index contributed by atoms with van der Waals surface area (Å²) in [5, 5.41) is 0. The molecule has 0 saturated carbocycles. The van der Waals surface area contributed by atoms with Gasteiger partial charge in [0, 0.05) is 25.2 Å². The first-order valence-electron chi connectivity index (χ1n) is 9.90. The third-order valence-electron chi connectivity index (χ3n) is 5.32. The van der Waals surface area contributed by atoms with Gasteiger partial charge in [-0.3, -0.25) is 0 Å². The number of benzene rings is 2. The Labute approximate surface area is 162 Å². The average molecular weight is 364 g/mol. The van der Waals surface area contributed by atoms with Gasteiger partial charge in [0.2, 0.25) is 0 Å². The largest absolute Gasteiger partial charge is 0.427 e. The number of carbonyl (C=O) groups is 1. The number of nitrogens with zero attached hydrogens (tertiary/aromatic N) is 1. The molecule has 0 unspecified atom stereocenters. The van der Waals surface area contributed by atoms with Gasteiger partial charge in [-0.2, -0.15) is 0 Å². The Kier molecular flexibility index (Phi) is 6.00. The summed E-state index contributed by atoms with van der Waals surface area (Å²) >= 11 is 0. The van der Waals surface area contributed by atoms with Crippen LogP contribution in [0, 0.1) is 13.8 Å². The van der Waals surface area contributed by atoms with Crippen LogP contribution in [0.1, 0.15) is 60.2 Å². The number of hydrogen-bond donors (Lipinski definition) is 0. The minimum atomic E-state index is -0.264. The van der Waals surface area contributed by atoms with E-state index in [1.54, 1.807) is 0 Å². The third-order valence-corrected chi connectivity index (χ3v) is 5.32. The van der Waals surface area contributed by atoms with Crippen LogP contribution in [-0.4, -0.2) is 19.1 Å². The topological polar surface area (TPSA) is 29.5 Å². The van der Waals surface area contributed by atoms with Gasteiger partial charge in [0.15, 0.2) is 0 Å². The molecule has 27 heavy (non-hydrogen) atoms. The van der Waals surface area contributed by atoms with E-state index in [-0.39, 0.29) is 5.97 Å². The number of esters is 1. The highest BCUT2D eigenvalue weighted by molar-refractivity contribution is 5.91. The van der Waals surface area contributed by atoms with E-state index in [4.69, 9.17) is 4.74 Å². The van der Waals surface area contributed by atoms with Gasteiger partial charge in [-0.25, -0.2) is 4.79 Å². The van der Waals surface area contributed by atoms with Gasteiger partial charge in [-0.1, -0.05) is 23.8 Å². The second-order valence-corrected chi connectivity index (χ2v) is 7.18. The summed E-state index contributed by atoms with van der Waals surface area (Å²) in [6.07, 6.45) is 2.82. The monoisotopic (exact) mass is 363 g/mol. The van der Waals surface area contributed by atoms with Gasteiger partial charge in [0.05, 0.1) is 5.56 Å². The first kappa shape index (κ1) is 19.2. The molecule has 0 heterocycles. The van der Waals surface area contributed by atoms with E-state index < -0.39 is 0 Å². The minimum Gasteiger partial charge on any atom is -0.427 e. The fourth-order valence-corrected chi connectivity index (χ4v) is 3.83. The first-order chi connectivity index (χ1) is 13.0. The van der Waals surface area contributed by atoms with Crippen molar-refractivity contribution in [1.82, 2.24) is 0 Å². The lowest BCUT2D eigenvalue weighted by Crippen LogP contribution is -2.21. The van der Waals surface area contributed by atoms with Crippen molar-refractivity contribution in [2.45, 2.75) is 47.0 Å². The average Bonchev–Trinajstić information content (AvgIpc) is 3.11. The van der Waals surface area contributed by atoms with Crippen LogP contribution in [0.3, 0.4) is 0 Å². The van der Waals surface area contributed by atoms with Crippen molar-refractivity contribution in [2.75, 3.05) is 18.0 Å². The standard InChI is InChI=1S/C24H29NO2/c1-5-25(6-2)20-13-11-19(12-14-20)24(26)27-23-9-7-8-22(23)21-15-10-17(3)16-18(21)4/h10-16H,5-9H2,1-4H3. The van der Waals surface area contributed by atoms with E-state index in [2.05, 4.69) is 50.8 Å². The fraction of sp³-hybridized carbons (Fsp3) is 0.375. The zero-order valence-corrected chi connectivity index (χ0v) is 16.8. The number of hydrogen-bond acceptors (Lipinski definition) is 3. The number of ether oxygens (including phenoxy) is 1. The van der Waals surface area contributed by atoms with Crippen molar-refractivity contribution >= 4 is 17.2 Å². The summed E-state index contributed by atoms with van der Waals surface area (Å²) in [6.45, 7) is 10.4. The molecule has 3 nitrogen and oxygen atoms in total. The fourth-order valence-electron chi connectivity index (χ4n) is 3.83. The van der Waals surface area contributed by atoms with Gasteiger partial charge in [0.1, 0.15) is 5.76 Å². The molecule has 0 bridgehead atoms. The Morgan fingerprint density at radius 3 is 2.33 bits per heavy atom. The van der Waals surface area contributed by atoms with Crippen LogP contribution in [0.15, 0.2) is 48.2 Å². The highest BCUT2D eigenvalue weighted by Gasteiger charge is 2.22. The molecule has 0 amide bonds. The lowest BCUT2D eigenvalue weighted by atomic mass is 9.98. The van der Waals surface area contributed by atoms with E-state index in [0.29, 0.717) is 5.56 Å². The van der Waals surface area contributed by atoms with Crippen LogP contribution in [0.5, 0.6) is 0 Å². The van der Waals surface area contributed by atoms with Gasteiger partial charge >= 0.3 is 5.97 Å². The molecule has 0 fully saturated rings. The lowest BCUT2D eigenvalue weighted by molar-refractivity contribution is 0.0620.